The quantitative estimate of drug-likeness (QED) is 0.488. The topological polar surface area (TPSA) is 112 Å². The molecule has 3 heterocycles. The zero-order valence-electron chi connectivity index (χ0n) is 19.3. The number of nitrogens with zero attached hydrogens (tertiary/aromatic N) is 7. The van der Waals surface area contributed by atoms with Crippen molar-refractivity contribution < 1.29 is 9.53 Å². The molecule has 0 spiro atoms. The van der Waals surface area contributed by atoms with Gasteiger partial charge in [0.25, 0.3) is 5.78 Å². The molecule has 0 aliphatic carbocycles. The third-order valence-electron chi connectivity index (χ3n) is 6.03. The Morgan fingerprint density at radius 3 is 2.57 bits per heavy atom. The fraction of sp³-hybridized carbons (Fsp3) is 0.240. The third-order valence-corrected chi connectivity index (χ3v) is 6.03. The number of benzene rings is 2. The largest absolute Gasteiger partial charge is 0.497 e. The highest BCUT2D eigenvalue weighted by Gasteiger charge is 2.24. The Kier molecular flexibility index (Phi) is 6.13. The summed E-state index contributed by atoms with van der Waals surface area (Å²) in [6.07, 6.45) is 4.11. The van der Waals surface area contributed by atoms with E-state index < -0.39 is 0 Å². The highest BCUT2D eigenvalue weighted by molar-refractivity contribution is 5.89. The Bertz CT molecular complexity index is 1380. The molecule has 0 bridgehead atoms. The lowest BCUT2D eigenvalue weighted by Gasteiger charge is -2.26. The number of methoxy groups -OCH3 is 1. The van der Waals surface area contributed by atoms with Crippen molar-refractivity contribution in [2.24, 2.45) is 0 Å². The smallest absolute Gasteiger partial charge is 0.321 e. The number of hydrogen-bond donors (Lipinski definition) is 1. The molecule has 4 aromatic rings. The van der Waals surface area contributed by atoms with Crippen LogP contribution in [0.1, 0.15) is 12.0 Å². The number of anilines is 2. The number of amides is 2. The molecule has 0 saturated carbocycles. The van der Waals surface area contributed by atoms with Gasteiger partial charge in [-0.25, -0.2) is 9.78 Å². The summed E-state index contributed by atoms with van der Waals surface area (Å²) in [7, 11) is 1.64. The monoisotopic (exact) mass is 468 g/mol. The van der Waals surface area contributed by atoms with Crippen LogP contribution in [0.5, 0.6) is 5.75 Å². The molecule has 1 aliphatic rings. The summed E-state index contributed by atoms with van der Waals surface area (Å²) >= 11 is 0. The number of carbonyl (C=O) groups excluding carboxylic acids is 1. The normalized spacial score (nSPS) is 13.8. The molecule has 1 N–H and O–H groups in total. The van der Waals surface area contributed by atoms with E-state index in [1.807, 2.05) is 35.4 Å². The Balaban J connectivity index is 1.38. The number of nitriles is 1. The van der Waals surface area contributed by atoms with Crippen LogP contribution >= 0.6 is 0 Å². The van der Waals surface area contributed by atoms with E-state index in [1.54, 1.807) is 35.9 Å². The molecule has 35 heavy (non-hydrogen) atoms. The SMILES string of the molecule is COc1ccc(-c2cnc3ncnn3c2N2CCCN(C(=O)Nc3ccc(C#N)cc3)CC2)cc1. The van der Waals surface area contributed by atoms with E-state index in [1.165, 1.54) is 6.33 Å². The molecular weight excluding hydrogens is 444 g/mol. The molecule has 2 amide bonds. The maximum absolute atomic E-state index is 12.9. The summed E-state index contributed by atoms with van der Waals surface area (Å²) < 4.78 is 7.06. The highest BCUT2D eigenvalue weighted by Crippen LogP contribution is 2.32. The molecule has 10 nitrogen and oxygen atoms in total. The number of carbonyl (C=O) groups is 1. The van der Waals surface area contributed by atoms with Crippen molar-refractivity contribution in [1.29, 1.82) is 5.26 Å². The van der Waals surface area contributed by atoms with Gasteiger partial charge in [0, 0.05) is 43.6 Å². The second-order valence-corrected chi connectivity index (χ2v) is 8.14. The fourth-order valence-corrected chi connectivity index (χ4v) is 4.21. The van der Waals surface area contributed by atoms with Gasteiger partial charge in [-0.15, -0.1) is 0 Å². The second kappa shape index (κ2) is 9.69. The van der Waals surface area contributed by atoms with E-state index in [-0.39, 0.29) is 6.03 Å². The minimum absolute atomic E-state index is 0.160. The van der Waals surface area contributed by atoms with E-state index >= 15 is 0 Å². The van der Waals surface area contributed by atoms with Gasteiger partial charge in [-0.1, -0.05) is 12.1 Å². The number of hydrogen-bond acceptors (Lipinski definition) is 7. The van der Waals surface area contributed by atoms with Crippen LogP contribution in [0.25, 0.3) is 16.9 Å². The molecule has 176 valence electrons. The van der Waals surface area contributed by atoms with E-state index in [4.69, 9.17) is 10.00 Å². The van der Waals surface area contributed by atoms with Gasteiger partial charge in [-0.05, 0) is 48.4 Å². The zero-order valence-corrected chi connectivity index (χ0v) is 19.3. The zero-order chi connectivity index (χ0) is 24.2. The van der Waals surface area contributed by atoms with Gasteiger partial charge in [0.15, 0.2) is 0 Å². The Hall–Kier alpha value is -4.65. The number of aromatic nitrogens is 4. The van der Waals surface area contributed by atoms with Gasteiger partial charge in [0.05, 0.1) is 18.7 Å². The standard InChI is InChI=1S/C25H24N8O2/c1-35-21-9-5-19(6-10-21)22-16-27-24-28-17-29-33(24)23(22)31-11-2-12-32(14-13-31)25(34)30-20-7-3-18(15-26)4-8-20/h3-10,16-17H,2,11-14H2,1H3,(H,30,34). The van der Waals surface area contributed by atoms with Crippen molar-refractivity contribution >= 4 is 23.3 Å². The van der Waals surface area contributed by atoms with Crippen molar-refractivity contribution in [3.8, 4) is 22.9 Å². The summed E-state index contributed by atoms with van der Waals surface area (Å²) in [5.41, 5.74) is 3.14. The van der Waals surface area contributed by atoms with Crippen LogP contribution in [0.3, 0.4) is 0 Å². The Morgan fingerprint density at radius 2 is 1.83 bits per heavy atom. The average Bonchev–Trinajstić information content (AvgIpc) is 3.25. The maximum atomic E-state index is 12.9. The van der Waals surface area contributed by atoms with E-state index in [0.29, 0.717) is 36.7 Å². The van der Waals surface area contributed by atoms with Gasteiger partial charge in [-0.3, -0.25) is 0 Å². The van der Waals surface area contributed by atoms with Crippen molar-refractivity contribution in [3.05, 3.63) is 66.6 Å². The summed E-state index contributed by atoms with van der Waals surface area (Å²) in [4.78, 5) is 25.7. The molecule has 0 unspecified atom stereocenters. The maximum Gasteiger partial charge on any atom is 0.321 e. The van der Waals surface area contributed by atoms with E-state index in [0.717, 1.165) is 35.7 Å². The second-order valence-electron chi connectivity index (χ2n) is 8.14. The van der Waals surface area contributed by atoms with Crippen molar-refractivity contribution in [1.82, 2.24) is 24.5 Å². The summed E-state index contributed by atoms with van der Waals surface area (Å²) in [5.74, 6) is 2.20. The molecule has 1 aliphatic heterocycles. The van der Waals surface area contributed by atoms with Crippen LogP contribution < -0.4 is 15.0 Å². The predicted octanol–water partition coefficient (Wildman–Crippen LogP) is 3.42. The van der Waals surface area contributed by atoms with E-state index in [9.17, 15) is 4.79 Å². The molecule has 10 heteroatoms. The molecule has 1 fully saturated rings. The van der Waals surface area contributed by atoms with Gasteiger partial charge in [0.2, 0.25) is 0 Å². The van der Waals surface area contributed by atoms with Gasteiger partial charge in [-0.2, -0.15) is 19.9 Å². The summed E-state index contributed by atoms with van der Waals surface area (Å²) in [6.45, 7) is 2.55. The first-order valence-corrected chi connectivity index (χ1v) is 11.3. The lowest BCUT2D eigenvalue weighted by atomic mass is 10.1. The molecule has 0 atom stereocenters. The minimum atomic E-state index is -0.160. The molecule has 0 radical (unpaired) electrons. The van der Waals surface area contributed by atoms with E-state index in [2.05, 4.69) is 31.4 Å². The average molecular weight is 469 g/mol. The van der Waals surface area contributed by atoms with Gasteiger partial charge >= 0.3 is 6.03 Å². The number of rotatable bonds is 4. The number of urea groups is 1. The first-order valence-electron chi connectivity index (χ1n) is 11.3. The van der Waals surface area contributed by atoms with Crippen LogP contribution in [-0.2, 0) is 0 Å². The number of fused-ring (bicyclic) bond motifs is 1. The minimum Gasteiger partial charge on any atom is -0.497 e. The van der Waals surface area contributed by atoms with Crippen LogP contribution in [0.15, 0.2) is 61.1 Å². The van der Waals surface area contributed by atoms with Crippen molar-refractivity contribution in [3.63, 3.8) is 0 Å². The highest BCUT2D eigenvalue weighted by atomic mass is 16.5. The van der Waals surface area contributed by atoms with Crippen LogP contribution in [0.4, 0.5) is 16.3 Å². The fourth-order valence-electron chi connectivity index (χ4n) is 4.21. The molecule has 1 saturated heterocycles. The first-order chi connectivity index (χ1) is 17.2. The number of nitrogens with one attached hydrogen (secondary N) is 1. The molecule has 2 aromatic heterocycles. The Labute approximate surface area is 202 Å². The lowest BCUT2D eigenvalue weighted by molar-refractivity contribution is 0.215. The molecule has 5 rings (SSSR count). The predicted molar refractivity (Wildman–Crippen MR) is 131 cm³/mol. The third kappa shape index (κ3) is 4.56. The molecule has 2 aromatic carbocycles. The van der Waals surface area contributed by atoms with Crippen LogP contribution in [0.2, 0.25) is 0 Å². The van der Waals surface area contributed by atoms with Crippen LogP contribution in [0, 0.1) is 11.3 Å². The first kappa shape index (κ1) is 22.2. The van der Waals surface area contributed by atoms with Crippen molar-refractivity contribution in [2.45, 2.75) is 6.42 Å². The molecular formula is C25H24N8O2. The van der Waals surface area contributed by atoms with Gasteiger partial charge < -0.3 is 19.9 Å². The summed E-state index contributed by atoms with van der Waals surface area (Å²) in [5, 5.41) is 16.3. The van der Waals surface area contributed by atoms with Crippen LogP contribution in [-0.4, -0.2) is 63.8 Å². The van der Waals surface area contributed by atoms with Crippen molar-refractivity contribution in [2.75, 3.05) is 43.5 Å². The lowest BCUT2D eigenvalue weighted by Crippen LogP contribution is -2.38. The summed E-state index contributed by atoms with van der Waals surface area (Å²) in [6, 6.07) is 16.6. The van der Waals surface area contributed by atoms with Gasteiger partial charge in [0.1, 0.15) is 17.9 Å². The Morgan fingerprint density at radius 1 is 1.03 bits per heavy atom. The number of ether oxygens (including phenoxy) is 1.